The third kappa shape index (κ3) is 8.10. The minimum atomic E-state index is 0.548. The van der Waals surface area contributed by atoms with Crippen LogP contribution in [-0.2, 0) is 0 Å². The molecule has 0 fully saturated rings. The second kappa shape index (κ2) is 19.1. The zero-order valence-electron chi connectivity index (χ0n) is 41.5. The predicted molar refractivity (Wildman–Crippen MR) is 315 cm³/mol. The summed E-state index contributed by atoms with van der Waals surface area (Å²) in [5, 5.41) is 4.62. The monoisotopic (exact) mass is 972 g/mol. The van der Waals surface area contributed by atoms with Crippen molar-refractivity contribution in [3.05, 3.63) is 284 Å². The highest BCUT2D eigenvalue weighted by molar-refractivity contribution is 6.18. The van der Waals surface area contributed by atoms with Gasteiger partial charge < -0.3 is 4.57 Å². The van der Waals surface area contributed by atoms with Crippen molar-refractivity contribution < 1.29 is 0 Å². The molecule has 0 saturated heterocycles. The van der Waals surface area contributed by atoms with E-state index in [-0.39, 0.29) is 0 Å². The molecule has 1 aliphatic rings. The number of aliphatic imine (C=N–C) groups is 1. The molecule has 6 heteroatoms. The third-order valence-corrected chi connectivity index (χ3v) is 14.7. The van der Waals surface area contributed by atoms with E-state index in [2.05, 4.69) is 240 Å². The summed E-state index contributed by atoms with van der Waals surface area (Å²) in [7, 11) is 0. The van der Waals surface area contributed by atoms with E-state index < -0.39 is 0 Å². The molecule has 76 heavy (non-hydrogen) atoms. The van der Waals surface area contributed by atoms with Gasteiger partial charge in [-0.1, -0.05) is 206 Å². The molecule has 14 rings (SSSR count). The van der Waals surface area contributed by atoms with Crippen LogP contribution in [0.15, 0.2) is 272 Å². The molecule has 358 valence electrons. The van der Waals surface area contributed by atoms with E-state index in [0.29, 0.717) is 17.6 Å². The number of hydrogen-bond donors (Lipinski definition) is 0. The van der Waals surface area contributed by atoms with Gasteiger partial charge in [0, 0.05) is 49.5 Å². The van der Waals surface area contributed by atoms with Crippen LogP contribution in [0.5, 0.6) is 0 Å². The summed E-state index contributed by atoms with van der Waals surface area (Å²) in [6.45, 7) is 0. The molecule has 13 aromatic rings. The average molecular weight is 973 g/mol. The average Bonchev–Trinajstić information content (AvgIpc) is 4.14. The van der Waals surface area contributed by atoms with Gasteiger partial charge >= 0.3 is 0 Å². The first-order valence-corrected chi connectivity index (χ1v) is 25.9. The Morgan fingerprint density at radius 3 is 1.55 bits per heavy atom. The predicted octanol–water partition coefficient (Wildman–Crippen LogP) is 17.4. The molecule has 6 nitrogen and oxygen atoms in total. The van der Waals surface area contributed by atoms with Crippen LogP contribution in [0.2, 0.25) is 0 Å². The maximum Gasteiger partial charge on any atom is 0.238 e. The molecule has 3 aromatic heterocycles. The number of aromatic nitrogens is 5. The minimum absolute atomic E-state index is 0.548. The Kier molecular flexibility index (Phi) is 11.2. The van der Waals surface area contributed by atoms with E-state index >= 15 is 0 Å². The molecule has 0 N–H and O–H groups in total. The van der Waals surface area contributed by atoms with Gasteiger partial charge in [0.1, 0.15) is 0 Å². The third-order valence-electron chi connectivity index (χ3n) is 14.7. The molecule has 0 radical (unpaired) electrons. The quantitative estimate of drug-likeness (QED) is 0.145. The number of para-hydroxylation sites is 2. The van der Waals surface area contributed by atoms with E-state index in [0.717, 1.165) is 96.3 Å². The van der Waals surface area contributed by atoms with Gasteiger partial charge in [-0.3, -0.25) is 4.57 Å². The lowest BCUT2D eigenvalue weighted by Gasteiger charge is -2.15. The Balaban J connectivity index is 0.975. The second-order valence-electron chi connectivity index (χ2n) is 19.3. The Morgan fingerprint density at radius 1 is 0.342 bits per heavy atom. The maximum atomic E-state index is 5.49. The van der Waals surface area contributed by atoms with E-state index in [4.69, 9.17) is 19.9 Å². The van der Waals surface area contributed by atoms with Gasteiger partial charge in [0.2, 0.25) is 5.95 Å². The molecule has 0 aliphatic carbocycles. The van der Waals surface area contributed by atoms with E-state index in [1.165, 1.54) is 32.9 Å². The topological polar surface area (TPSA) is 60.9 Å². The number of nitrogens with zero attached hydrogens (tertiary/aromatic N) is 6. The molecule has 1 aliphatic heterocycles. The van der Waals surface area contributed by atoms with Crippen LogP contribution in [0, 0.1) is 0 Å². The van der Waals surface area contributed by atoms with E-state index in [9.17, 15) is 0 Å². The van der Waals surface area contributed by atoms with Gasteiger partial charge in [-0.15, -0.1) is 0 Å². The lowest BCUT2D eigenvalue weighted by Crippen LogP contribution is -2.06. The van der Waals surface area contributed by atoms with Crippen molar-refractivity contribution >= 4 is 60.6 Å². The van der Waals surface area contributed by atoms with Crippen LogP contribution in [0.3, 0.4) is 0 Å². The zero-order chi connectivity index (χ0) is 50.4. The Bertz CT molecular complexity index is 4360. The fraction of sp³-hybridized carbons (Fsp3) is 0.0286. The number of rotatable bonds is 9. The van der Waals surface area contributed by atoms with Crippen molar-refractivity contribution in [2.24, 2.45) is 4.99 Å². The van der Waals surface area contributed by atoms with Gasteiger partial charge in [0.05, 0.1) is 33.5 Å². The molecule has 0 bridgehead atoms. The largest absolute Gasteiger partial charge is 0.309 e. The van der Waals surface area contributed by atoms with Gasteiger partial charge in [-0.05, 0) is 107 Å². The Hall–Kier alpha value is -10.0. The number of allylic oxidation sites excluding steroid dienone is 3. The second-order valence-corrected chi connectivity index (χ2v) is 19.3. The first-order valence-electron chi connectivity index (χ1n) is 25.9. The molecule has 0 amide bonds. The summed E-state index contributed by atoms with van der Waals surface area (Å²) < 4.78 is 4.59. The van der Waals surface area contributed by atoms with Crippen molar-refractivity contribution in [1.82, 2.24) is 24.1 Å². The van der Waals surface area contributed by atoms with Gasteiger partial charge in [-0.2, -0.15) is 9.97 Å². The molecule has 10 aromatic carbocycles. The van der Waals surface area contributed by atoms with Crippen molar-refractivity contribution in [2.45, 2.75) is 12.8 Å². The number of fused-ring (bicyclic) bond motifs is 6. The highest BCUT2D eigenvalue weighted by atomic mass is 15.2. The summed E-state index contributed by atoms with van der Waals surface area (Å²) in [4.78, 5) is 21.2. The highest BCUT2D eigenvalue weighted by Gasteiger charge is 2.22. The van der Waals surface area contributed by atoms with Crippen LogP contribution in [0.1, 0.15) is 29.5 Å². The van der Waals surface area contributed by atoms with Gasteiger partial charge in [0.15, 0.2) is 11.6 Å². The smallest absolute Gasteiger partial charge is 0.238 e. The lowest BCUT2D eigenvalue weighted by atomic mass is 9.94. The number of hydrogen-bond acceptors (Lipinski definition) is 4. The maximum absolute atomic E-state index is 5.49. The van der Waals surface area contributed by atoms with Gasteiger partial charge in [0.25, 0.3) is 0 Å². The fourth-order valence-corrected chi connectivity index (χ4v) is 11.1. The normalized spacial score (nSPS) is 14.9. The van der Waals surface area contributed by atoms with Crippen LogP contribution in [0.25, 0.3) is 112 Å². The molecular weight excluding hydrogens is 925 g/mol. The molecule has 4 heterocycles. The van der Waals surface area contributed by atoms with Crippen LogP contribution in [-0.4, -0.2) is 29.8 Å². The summed E-state index contributed by atoms with van der Waals surface area (Å²) in [5.74, 6) is 1.76. The Labute approximate surface area is 440 Å². The van der Waals surface area contributed by atoms with E-state index in [1.54, 1.807) is 0 Å². The first kappa shape index (κ1) is 44.6. The standard InChI is InChI=1S/C70H48N6/c1-6-21-47(22-7-1)51-29-19-36-61(71-62(46-51)48-23-8-2-9-24-48)55-31-18-30-54(43-55)57-35-20-38-66-67(57)60-45-53(52-39-41-64-59(44-52)58-34-16-17-37-63(58)75(64)56-32-14-5-15-33-56)40-42-65(60)76(66)70-73-68(49-25-10-3-11-26-49)72-69(74-70)50-27-12-4-13-28-50/h1-18,20-28,30-46H,19,29H2/b51-46+,61-36-,71-62+. The van der Waals surface area contributed by atoms with Crippen LogP contribution >= 0.6 is 0 Å². The molecule has 0 saturated carbocycles. The lowest BCUT2D eigenvalue weighted by molar-refractivity contribution is 0.953. The van der Waals surface area contributed by atoms with Crippen molar-refractivity contribution in [3.63, 3.8) is 0 Å². The summed E-state index contributed by atoms with van der Waals surface area (Å²) in [5.41, 5.74) is 18.3. The highest BCUT2D eigenvalue weighted by Crippen LogP contribution is 2.42. The SMILES string of the molecule is C1=C(c2cccc(-c3cccc4c3c3cc(-c5ccc6c(c5)c5ccccc5n6-c5ccccc5)ccc3n4-c3nc(-c4ccccc4)nc(-c4ccccc4)n3)c2)/N=C(c2ccccc2)\C=C(\c2ccccc2)CC\1. The summed E-state index contributed by atoms with van der Waals surface area (Å²) in [6.07, 6.45) is 6.34. The van der Waals surface area contributed by atoms with E-state index in [1.807, 2.05) is 36.4 Å². The Morgan fingerprint density at radius 2 is 0.868 bits per heavy atom. The van der Waals surface area contributed by atoms with Crippen molar-refractivity contribution in [3.8, 4) is 56.7 Å². The molecular formula is C70H48N6. The van der Waals surface area contributed by atoms with Gasteiger partial charge in [-0.25, -0.2) is 9.98 Å². The molecule has 0 spiro atoms. The summed E-state index contributed by atoms with van der Waals surface area (Å²) in [6, 6.07) is 90.2. The van der Waals surface area contributed by atoms with Crippen LogP contribution in [0.4, 0.5) is 0 Å². The van der Waals surface area contributed by atoms with Crippen LogP contribution < -0.4 is 0 Å². The summed E-state index contributed by atoms with van der Waals surface area (Å²) >= 11 is 0. The molecule has 0 atom stereocenters. The minimum Gasteiger partial charge on any atom is -0.309 e. The first-order chi connectivity index (χ1) is 37.7. The fourth-order valence-electron chi connectivity index (χ4n) is 11.1. The number of benzene rings is 10. The van der Waals surface area contributed by atoms with Crippen molar-refractivity contribution in [1.29, 1.82) is 0 Å². The van der Waals surface area contributed by atoms with Crippen molar-refractivity contribution in [2.75, 3.05) is 0 Å². The molecule has 0 unspecified atom stereocenters. The zero-order valence-corrected chi connectivity index (χ0v) is 41.5.